The molecule has 16 heavy (non-hydrogen) atoms. The van der Waals surface area contributed by atoms with Gasteiger partial charge in [-0.15, -0.1) is 0 Å². The van der Waals surface area contributed by atoms with Gasteiger partial charge in [0.15, 0.2) is 0 Å². The first-order valence-corrected chi connectivity index (χ1v) is 6.46. The minimum Gasteiger partial charge on any atom is -0.396 e. The zero-order valence-electron chi connectivity index (χ0n) is 10.0. The summed E-state index contributed by atoms with van der Waals surface area (Å²) in [4.78, 5) is 11.7. The number of hydrogen-bond acceptors (Lipinski definition) is 3. The fourth-order valence-corrected chi connectivity index (χ4v) is 2.00. The molecule has 0 aromatic heterocycles. The van der Waals surface area contributed by atoms with E-state index in [0.29, 0.717) is 0 Å². The average molecular weight is 228 g/mol. The number of piperidine rings is 1. The highest BCUT2D eigenvalue weighted by Gasteiger charge is 2.19. The van der Waals surface area contributed by atoms with Gasteiger partial charge in [0.25, 0.3) is 0 Å². The van der Waals surface area contributed by atoms with E-state index in [1.54, 1.807) is 0 Å². The van der Waals surface area contributed by atoms with Crippen molar-refractivity contribution in [2.45, 2.75) is 51.0 Å². The van der Waals surface area contributed by atoms with Gasteiger partial charge < -0.3 is 15.7 Å². The molecule has 1 fully saturated rings. The largest absolute Gasteiger partial charge is 0.396 e. The van der Waals surface area contributed by atoms with Gasteiger partial charge in [-0.25, -0.2) is 0 Å². The van der Waals surface area contributed by atoms with E-state index in [1.807, 2.05) is 0 Å². The molecule has 0 aliphatic carbocycles. The Hall–Kier alpha value is -0.610. The van der Waals surface area contributed by atoms with E-state index in [4.69, 9.17) is 5.11 Å². The van der Waals surface area contributed by atoms with Crippen LogP contribution in [-0.4, -0.2) is 36.8 Å². The normalized spacial score (nSPS) is 20.7. The summed E-state index contributed by atoms with van der Waals surface area (Å²) in [6.07, 6.45) is 7.33. The predicted octanol–water partition coefficient (Wildman–Crippen LogP) is 0.797. The summed E-state index contributed by atoms with van der Waals surface area (Å²) in [7, 11) is 0. The Kier molecular flexibility index (Phi) is 7.17. The number of hydrogen-bond donors (Lipinski definition) is 3. The van der Waals surface area contributed by atoms with Gasteiger partial charge in [0, 0.05) is 13.2 Å². The highest BCUT2D eigenvalue weighted by atomic mass is 16.2. The summed E-state index contributed by atoms with van der Waals surface area (Å²) in [6.45, 7) is 2.01. The molecule has 1 saturated heterocycles. The molecule has 1 heterocycles. The van der Waals surface area contributed by atoms with Gasteiger partial charge in [-0.1, -0.05) is 19.3 Å². The van der Waals surface area contributed by atoms with Gasteiger partial charge in [-0.2, -0.15) is 0 Å². The standard InChI is InChI=1S/C12H24N2O2/c15-10-6-2-1-4-9-14-12(16)11-7-3-5-8-13-11/h11,13,15H,1-10H2,(H,14,16). The van der Waals surface area contributed by atoms with Crippen LogP contribution >= 0.6 is 0 Å². The topological polar surface area (TPSA) is 61.4 Å². The zero-order chi connectivity index (χ0) is 11.6. The van der Waals surface area contributed by atoms with Crippen LogP contribution in [0.2, 0.25) is 0 Å². The smallest absolute Gasteiger partial charge is 0.237 e. The third-order valence-electron chi connectivity index (χ3n) is 3.01. The van der Waals surface area contributed by atoms with Crippen molar-refractivity contribution in [2.75, 3.05) is 19.7 Å². The number of rotatable bonds is 7. The van der Waals surface area contributed by atoms with E-state index in [2.05, 4.69) is 10.6 Å². The molecule has 1 aliphatic heterocycles. The molecule has 3 N–H and O–H groups in total. The minimum atomic E-state index is 0.0335. The van der Waals surface area contributed by atoms with E-state index in [0.717, 1.165) is 51.6 Å². The van der Waals surface area contributed by atoms with E-state index in [-0.39, 0.29) is 18.6 Å². The Morgan fingerprint density at radius 1 is 1.25 bits per heavy atom. The van der Waals surface area contributed by atoms with Gasteiger partial charge in [-0.05, 0) is 32.2 Å². The summed E-state index contributed by atoms with van der Waals surface area (Å²) in [5.74, 6) is 0.154. The second-order valence-corrected chi connectivity index (χ2v) is 4.43. The number of carbonyl (C=O) groups is 1. The second kappa shape index (κ2) is 8.53. The molecule has 0 aromatic carbocycles. The number of amides is 1. The van der Waals surface area contributed by atoms with E-state index < -0.39 is 0 Å². The van der Waals surface area contributed by atoms with Crippen LogP contribution in [0.5, 0.6) is 0 Å². The van der Waals surface area contributed by atoms with Crippen LogP contribution in [0.1, 0.15) is 44.9 Å². The fourth-order valence-electron chi connectivity index (χ4n) is 2.00. The Bertz CT molecular complexity index is 191. The minimum absolute atomic E-state index is 0.0335. The number of aliphatic hydroxyl groups excluding tert-OH is 1. The van der Waals surface area contributed by atoms with Gasteiger partial charge in [-0.3, -0.25) is 4.79 Å². The molecule has 4 heteroatoms. The second-order valence-electron chi connectivity index (χ2n) is 4.43. The third-order valence-corrected chi connectivity index (χ3v) is 3.01. The Morgan fingerprint density at radius 2 is 2.06 bits per heavy atom. The number of aliphatic hydroxyl groups is 1. The van der Waals surface area contributed by atoms with Crippen molar-refractivity contribution in [3.8, 4) is 0 Å². The van der Waals surface area contributed by atoms with Crippen LogP contribution in [0.4, 0.5) is 0 Å². The van der Waals surface area contributed by atoms with Gasteiger partial charge >= 0.3 is 0 Å². The van der Waals surface area contributed by atoms with Gasteiger partial charge in [0.2, 0.25) is 5.91 Å². The van der Waals surface area contributed by atoms with Crippen LogP contribution in [-0.2, 0) is 4.79 Å². The molecule has 94 valence electrons. The van der Waals surface area contributed by atoms with Crippen molar-refractivity contribution in [1.29, 1.82) is 0 Å². The van der Waals surface area contributed by atoms with Crippen molar-refractivity contribution in [3.63, 3.8) is 0 Å². The van der Waals surface area contributed by atoms with Crippen LogP contribution in [0.3, 0.4) is 0 Å². The Labute approximate surface area is 97.8 Å². The Balaban J connectivity index is 1.97. The monoisotopic (exact) mass is 228 g/mol. The van der Waals surface area contributed by atoms with Gasteiger partial charge in [0.1, 0.15) is 0 Å². The van der Waals surface area contributed by atoms with Crippen molar-refractivity contribution in [1.82, 2.24) is 10.6 Å². The van der Waals surface area contributed by atoms with Gasteiger partial charge in [0.05, 0.1) is 6.04 Å². The predicted molar refractivity (Wildman–Crippen MR) is 64.2 cm³/mol. The Morgan fingerprint density at radius 3 is 2.75 bits per heavy atom. The lowest BCUT2D eigenvalue weighted by Gasteiger charge is -2.22. The first-order valence-electron chi connectivity index (χ1n) is 6.46. The SMILES string of the molecule is O=C(NCCCCCCO)C1CCCCN1. The quantitative estimate of drug-likeness (QED) is 0.565. The lowest BCUT2D eigenvalue weighted by molar-refractivity contribution is -0.123. The molecule has 1 atom stereocenters. The molecule has 0 saturated carbocycles. The van der Waals surface area contributed by atoms with Crippen LogP contribution < -0.4 is 10.6 Å². The molecular formula is C12H24N2O2. The number of nitrogens with one attached hydrogen (secondary N) is 2. The highest BCUT2D eigenvalue weighted by molar-refractivity contribution is 5.81. The van der Waals surface area contributed by atoms with Crippen molar-refractivity contribution < 1.29 is 9.90 Å². The molecule has 1 rings (SSSR count). The molecule has 0 spiro atoms. The first kappa shape index (κ1) is 13.5. The van der Waals surface area contributed by atoms with E-state index in [1.165, 1.54) is 6.42 Å². The lowest BCUT2D eigenvalue weighted by atomic mass is 10.0. The molecule has 1 aliphatic rings. The summed E-state index contributed by atoms with van der Waals surface area (Å²) in [5.41, 5.74) is 0. The molecule has 0 aromatic rings. The van der Waals surface area contributed by atoms with E-state index >= 15 is 0 Å². The average Bonchev–Trinajstić information content (AvgIpc) is 2.34. The van der Waals surface area contributed by atoms with Crippen LogP contribution in [0.25, 0.3) is 0 Å². The number of carbonyl (C=O) groups excluding carboxylic acids is 1. The molecular weight excluding hydrogens is 204 g/mol. The lowest BCUT2D eigenvalue weighted by Crippen LogP contribution is -2.46. The third kappa shape index (κ3) is 5.47. The summed E-state index contributed by atoms with van der Waals surface area (Å²) < 4.78 is 0. The molecule has 0 radical (unpaired) electrons. The molecule has 4 nitrogen and oxygen atoms in total. The van der Waals surface area contributed by atoms with Crippen molar-refractivity contribution in [2.24, 2.45) is 0 Å². The summed E-state index contributed by atoms with van der Waals surface area (Å²) >= 11 is 0. The first-order chi connectivity index (χ1) is 7.84. The molecule has 0 bridgehead atoms. The summed E-state index contributed by atoms with van der Waals surface area (Å²) in [6, 6.07) is 0.0335. The van der Waals surface area contributed by atoms with Crippen molar-refractivity contribution >= 4 is 5.91 Å². The maximum Gasteiger partial charge on any atom is 0.237 e. The zero-order valence-corrected chi connectivity index (χ0v) is 10.0. The highest BCUT2D eigenvalue weighted by Crippen LogP contribution is 2.06. The fraction of sp³-hybridized carbons (Fsp3) is 0.917. The maximum atomic E-state index is 11.7. The number of unbranched alkanes of at least 4 members (excludes halogenated alkanes) is 3. The van der Waals surface area contributed by atoms with Crippen molar-refractivity contribution in [3.05, 3.63) is 0 Å². The summed E-state index contributed by atoms with van der Waals surface area (Å²) in [5, 5.41) is 14.8. The molecule has 1 amide bonds. The molecule has 1 unspecified atom stereocenters. The van der Waals surface area contributed by atoms with Crippen LogP contribution in [0.15, 0.2) is 0 Å². The van der Waals surface area contributed by atoms with Crippen LogP contribution in [0, 0.1) is 0 Å². The maximum absolute atomic E-state index is 11.7. The van der Waals surface area contributed by atoms with E-state index in [9.17, 15) is 4.79 Å².